The molecule has 0 fully saturated rings. The van der Waals surface area contributed by atoms with Crippen molar-refractivity contribution in [2.75, 3.05) is 36.6 Å². The minimum atomic E-state index is -0.979. The van der Waals surface area contributed by atoms with Crippen molar-refractivity contribution in [3.63, 3.8) is 0 Å². The molecule has 1 atom stereocenters. The highest BCUT2D eigenvalue weighted by Gasteiger charge is 2.24. The lowest BCUT2D eigenvalue weighted by Crippen LogP contribution is -2.42. The Hall–Kier alpha value is -4.55. The van der Waals surface area contributed by atoms with Gasteiger partial charge in [-0.15, -0.1) is 0 Å². The molecule has 0 aliphatic rings. The fraction of sp³-hybridized carbons (Fsp3) is 0.400. The second-order valence-electron chi connectivity index (χ2n) is 8.48. The zero-order valence-corrected chi connectivity index (χ0v) is 21.9. The topological polar surface area (TPSA) is 189 Å². The first-order valence-corrected chi connectivity index (χ1v) is 12.1. The molecule has 2 heterocycles. The summed E-state index contributed by atoms with van der Waals surface area (Å²) < 4.78 is 9.97. The van der Waals surface area contributed by atoms with Crippen LogP contribution in [0.3, 0.4) is 0 Å². The third-order valence-electron chi connectivity index (χ3n) is 5.59. The first kappa shape index (κ1) is 28.0. The third-order valence-corrected chi connectivity index (χ3v) is 5.59. The molecule has 0 spiro atoms. The van der Waals surface area contributed by atoms with Crippen molar-refractivity contribution in [1.82, 2.24) is 25.3 Å². The van der Waals surface area contributed by atoms with E-state index in [1.807, 2.05) is 18.9 Å². The summed E-state index contributed by atoms with van der Waals surface area (Å²) in [6, 6.07) is 4.19. The van der Waals surface area contributed by atoms with Gasteiger partial charge in [-0.2, -0.15) is 9.97 Å². The average molecular weight is 525 g/mol. The number of carbonyl (C=O) groups excluding carboxylic acids is 3. The predicted molar refractivity (Wildman–Crippen MR) is 141 cm³/mol. The third kappa shape index (κ3) is 7.02. The number of nitrogens with two attached hydrogens (primary N) is 2. The Kier molecular flexibility index (Phi) is 9.30. The molecular weight excluding hydrogens is 492 g/mol. The highest BCUT2D eigenvalue weighted by Crippen LogP contribution is 2.23. The molecule has 13 nitrogen and oxygen atoms in total. The maximum Gasteiger partial charge on any atom is 0.328 e. The molecule has 0 unspecified atom stereocenters. The summed E-state index contributed by atoms with van der Waals surface area (Å²) in [5.74, 6) is -1.33. The van der Waals surface area contributed by atoms with Gasteiger partial charge in [-0.3, -0.25) is 9.59 Å². The molecule has 0 bridgehead atoms. The quantitative estimate of drug-likeness (QED) is 0.307. The molecule has 0 saturated heterocycles. The van der Waals surface area contributed by atoms with Gasteiger partial charge in [0.15, 0.2) is 17.0 Å². The van der Waals surface area contributed by atoms with Crippen LogP contribution in [0.2, 0.25) is 0 Å². The molecular formula is C25H32N8O5. The van der Waals surface area contributed by atoms with Gasteiger partial charge in [0.2, 0.25) is 5.95 Å². The smallest absolute Gasteiger partial charge is 0.328 e. The summed E-state index contributed by atoms with van der Waals surface area (Å²) in [6.45, 7) is 6.02. The van der Waals surface area contributed by atoms with Gasteiger partial charge in [-0.1, -0.05) is 0 Å². The Bertz CT molecular complexity index is 1330. The highest BCUT2D eigenvalue weighted by molar-refractivity contribution is 5.97. The lowest BCUT2D eigenvalue weighted by atomic mass is 10.1. The van der Waals surface area contributed by atoms with Crippen LogP contribution in [0.15, 0.2) is 24.4 Å². The number of nitrogens with one attached hydrogen (secondary N) is 1. The van der Waals surface area contributed by atoms with Crippen molar-refractivity contribution >= 4 is 46.5 Å². The van der Waals surface area contributed by atoms with Crippen molar-refractivity contribution in [2.45, 2.75) is 46.2 Å². The van der Waals surface area contributed by atoms with Crippen molar-refractivity contribution < 1.29 is 23.9 Å². The molecule has 3 rings (SSSR count). The zero-order chi connectivity index (χ0) is 27.8. The van der Waals surface area contributed by atoms with Crippen LogP contribution in [0.1, 0.15) is 48.3 Å². The molecule has 3 aromatic rings. The van der Waals surface area contributed by atoms with Crippen LogP contribution in [-0.2, 0) is 25.6 Å². The summed E-state index contributed by atoms with van der Waals surface area (Å²) >= 11 is 0. The van der Waals surface area contributed by atoms with E-state index in [-0.39, 0.29) is 37.8 Å². The van der Waals surface area contributed by atoms with Crippen LogP contribution < -0.4 is 21.7 Å². The molecule has 0 radical (unpaired) electrons. The van der Waals surface area contributed by atoms with Gasteiger partial charge in [-0.05, 0) is 51.0 Å². The molecule has 1 aromatic carbocycles. The van der Waals surface area contributed by atoms with Gasteiger partial charge in [0, 0.05) is 24.7 Å². The molecule has 2 aromatic heterocycles. The van der Waals surface area contributed by atoms with Crippen LogP contribution >= 0.6 is 0 Å². The monoisotopic (exact) mass is 524 g/mol. The molecule has 0 saturated carbocycles. The van der Waals surface area contributed by atoms with Crippen LogP contribution in [0.5, 0.6) is 0 Å². The Morgan fingerprint density at radius 2 is 1.82 bits per heavy atom. The van der Waals surface area contributed by atoms with E-state index in [9.17, 15) is 14.4 Å². The molecule has 0 aliphatic heterocycles. The van der Waals surface area contributed by atoms with Crippen molar-refractivity contribution in [3.05, 3.63) is 41.2 Å². The number of anilines is 3. The number of benzene rings is 1. The summed E-state index contributed by atoms with van der Waals surface area (Å²) in [5.41, 5.74) is 14.9. The van der Waals surface area contributed by atoms with Crippen LogP contribution in [0.4, 0.5) is 17.5 Å². The minimum Gasteiger partial charge on any atom is -0.466 e. The van der Waals surface area contributed by atoms with E-state index in [0.29, 0.717) is 29.0 Å². The fourth-order valence-corrected chi connectivity index (χ4v) is 3.84. The number of aromatic nitrogens is 4. The fourth-order valence-electron chi connectivity index (χ4n) is 3.84. The summed E-state index contributed by atoms with van der Waals surface area (Å²) in [4.78, 5) is 55.7. The Morgan fingerprint density at radius 1 is 1.08 bits per heavy atom. The van der Waals surface area contributed by atoms with E-state index in [2.05, 4.69) is 25.3 Å². The number of rotatable bonds is 11. The van der Waals surface area contributed by atoms with Crippen molar-refractivity contribution in [1.29, 1.82) is 0 Å². The molecule has 0 aliphatic carbocycles. The summed E-state index contributed by atoms with van der Waals surface area (Å²) in [5, 5.41) is 2.67. The zero-order valence-electron chi connectivity index (χ0n) is 21.9. The minimum absolute atomic E-state index is 0.0246. The summed E-state index contributed by atoms with van der Waals surface area (Å²) in [7, 11) is 1.88. The Morgan fingerprint density at radius 3 is 2.50 bits per heavy atom. The Labute approximate surface area is 219 Å². The van der Waals surface area contributed by atoms with Gasteiger partial charge < -0.3 is 31.2 Å². The molecule has 202 valence electrons. The Balaban J connectivity index is 1.71. The summed E-state index contributed by atoms with van der Waals surface area (Å²) in [6.07, 6.45) is 1.63. The first-order valence-electron chi connectivity index (χ1n) is 12.1. The number of fused-ring (bicyclic) bond motifs is 1. The van der Waals surface area contributed by atoms with Gasteiger partial charge in [0.25, 0.3) is 5.91 Å². The second kappa shape index (κ2) is 12.6. The highest BCUT2D eigenvalue weighted by atomic mass is 16.5. The van der Waals surface area contributed by atoms with Crippen LogP contribution in [-0.4, -0.2) is 64.1 Å². The largest absolute Gasteiger partial charge is 0.466 e. The van der Waals surface area contributed by atoms with E-state index in [1.54, 1.807) is 38.2 Å². The number of hydrogen-bond acceptors (Lipinski definition) is 12. The van der Waals surface area contributed by atoms with E-state index in [4.69, 9.17) is 20.9 Å². The molecule has 1 amide bonds. The first-order chi connectivity index (χ1) is 18.1. The van der Waals surface area contributed by atoms with E-state index < -0.39 is 23.9 Å². The van der Waals surface area contributed by atoms with Crippen molar-refractivity contribution in [2.24, 2.45) is 0 Å². The number of hydrogen-bond donors (Lipinski definition) is 3. The number of nitrogen functional groups attached to an aromatic ring is 2. The number of aryl methyl sites for hydroxylation is 1. The van der Waals surface area contributed by atoms with Gasteiger partial charge in [0.1, 0.15) is 6.04 Å². The second-order valence-corrected chi connectivity index (χ2v) is 8.48. The van der Waals surface area contributed by atoms with Crippen molar-refractivity contribution in [3.8, 4) is 0 Å². The SMILES string of the molecule is CCOC(=O)CC[C@H](NC(=O)c1ccc(N(C)Cc2cnc3nc(N)nc(N)c3n2)c(C)c1)C(=O)OCC. The maximum atomic E-state index is 12.9. The van der Waals surface area contributed by atoms with Crippen LogP contribution in [0.25, 0.3) is 11.2 Å². The number of carbonyl (C=O) groups is 3. The standard InChI is InChI=1S/C25H32N8O5/c1-5-37-19(34)10-8-17(24(36)38-6-2)30-23(35)15-7-9-18(14(3)11-15)33(4)13-16-12-28-22-20(29-16)21(26)31-25(27)32-22/h7,9,11-12,17H,5-6,8,10,13H2,1-4H3,(H,30,35)(H4,26,27,28,31,32)/t17-/m0/s1. The molecule has 5 N–H and O–H groups in total. The average Bonchev–Trinajstić information content (AvgIpc) is 2.86. The normalized spacial score (nSPS) is 11.6. The lowest BCUT2D eigenvalue weighted by Gasteiger charge is -2.22. The van der Waals surface area contributed by atoms with E-state index in [0.717, 1.165) is 11.3 Å². The number of amides is 1. The van der Waals surface area contributed by atoms with Gasteiger partial charge >= 0.3 is 11.9 Å². The number of ether oxygens (including phenoxy) is 2. The predicted octanol–water partition coefficient (Wildman–Crippen LogP) is 1.53. The molecule has 38 heavy (non-hydrogen) atoms. The number of esters is 2. The number of nitrogens with zero attached hydrogens (tertiary/aromatic N) is 5. The van der Waals surface area contributed by atoms with Crippen LogP contribution in [0, 0.1) is 6.92 Å². The van der Waals surface area contributed by atoms with E-state index in [1.165, 1.54) is 0 Å². The van der Waals surface area contributed by atoms with E-state index >= 15 is 0 Å². The lowest BCUT2D eigenvalue weighted by molar-refractivity contribution is -0.146. The van der Waals surface area contributed by atoms with Gasteiger partial charge in [0.05, 0.1) is 31.6 Å². The van der Waals surface area contributed by atoms with Gasteiger partial charge in [-0.25, -0.2) is 14.8 Å². The molecule has 13 heteroatoms. The maximum absolute atomic E-state index is 12.9.